The highest BCUT2D eigenvalue weighted by Crippen LogP contribution is 2.20. The van der Waals surface area contributed by atoms with Gasteiger partial charge in [0.05, 0.1) is 12.9 Å². The average Bonchev–Trinajstić information content (AvgIpc) is 2.72. The molecule has 0 saturated heterocycles. The predicted molar refractivity (Wildman–Crippen MR) is 108 cm³/mol. The fourth-order valence-corrected chi connectivity index (χ4v) is 3.57. The number of nitrogens with one attached hydrogen (secondary N) is 1. The molecule has 0 spiro atoms. The van der Waals surface area contributed by atoms with E-state index in [2.05, 4.69) is 9.71 Å². The normalized spacial score (nSPS) is 11.2. The molecular formula is C21H21FN2O4S. The molecule has 6 nitrogen and oxygen atoms in total. The van der Waals surface area contributed by atoms with Crippen LogP contribution in [0.1, 0.15) is 11.1 Å². The van der Waals surface area contributed by atoms with E-state index >= 15 is 0 Å². The van der Waals surface area contributed by atoms with E-state index < -0.39 is 15.8 Å². The van der Waals surface area contributed by atoms with Crippen molar-refractivity contribution in [2.75, 3.05) is 12.9 Å². The van der Waals surface area contributed by atoms with Crippen molar-refractivity contribution in [3.63, 3.8) is 0 Å². The van der Waals surface area contributed by atoms with Gasteiger partial charge in [0.25, 0.3) is 0 Å². The molecule has 0 amide bonds. The third kappa shape index (κ3) is 6.55. The maximum Gasteiger partial charge on any atom is 0.219 e. The Labute approximate surface area is 169 Å². The molecule has 0 bridgehead atoms. The largest absolute Gasteiger partial charge is 0.497 e. The van der Waals surface area contributed by atoms with E-state index in [4.69, 9.17) is 9.47 Å². The quantitative estimate of drug-likeness (QED) is 0.576. The van der Waals surface area contributed by atoms with Gasteiger partial charge in [0.1, 0.15) is 17.3 Å². The minimum absolute atomic E-state index is 0.0203. The molecule has 0 saturated carbocycles. The van der Waals surface area contributed by atoms with Crippen LogP contribution in [0.5, 0.6) is 17.4 Å². The van der Waals surface area contributed by atoms with Crippen LogP contribution in [0.4, 0.5) is 4.39 Å². The van der Waals surface area contributed by atoms with Crippen molar-refractivity contribution >= 4 is 10.0 Å². The number of pyridine rings is 1. The zero-order valence-corrected chi connectivity index (χ0v) is 16.7. The summed E-state index contributed by atoms with van der Waals surface area (Å²) in [5.41, 5.74) is 1.60. The highest BCUT2D eigenvalue weighted by Gasteiger charge is 2.11. The number of hydrogen-bond acceptors (Lipinski definition) is 5. The summed E-state index contributed by atoms with van der Waals surface area (Å²) in [6.45, 7) is 0.123. The van der Waals surface area contributed by atoms with Gasteiger partial charge in [-0.2, -0.15) is 0 Å². The Bertz CT molecular complexity index is 1040. The maximum absolute atomic E-state index is 13.2. The van der Waals surface area contributed by atoms with Crippen LogP contribution in [0, 0.1) is 5.82 Å². The molecule has 8 heteroatoms. The Morgan fingerprint density at radius 1 is 1.00 bits per heavy atom. The molecule has 1 aromatic heterocycles. The summed E-state index contributed by atoms with van der Waals surface area (Å²) >= 11 is 0. The molecule has 0 fully saturated rings. The fraction of sp³-hybridized carbons (Fsp3) is 0.190. The second-order valence-electron chi connectivity index (χ2n) is 6.30. The van der Waals surface area contributed by atoms with Gasteiger partial charge >= 0.3 is 0 Å². The van der Waals surface area contributed by atoms with Gasteiger partial charge in [-0.1, -0.05) is 24.3 Å². The van der Waals surface area contributed by atoms with Crippen LogP contribution in [-0.2, 0) is 23.0 Å². The molecule has 0 radical (unpaired) electrons. The van der Waals surface area contributed by atoms with Crippen LogP contribution in [0.2, 0.25) is 0 Å². The van der Waals surface area contributed by atoms with Crippen LogP contribution < -0.4 is 14.2 Å². The lowest BCUT2D eigenvalue weighted by atomic mass is 10.2. The first kappa shape index (κ1) is 20.8. The van der Waals surface area contributed by atoms with E-state index in [0.717, 1.165) is 11.3 Å². The van der Waals surface area contributed by atoms with E-state index in [0.29, 0.717) is 23.6 Å². The molecule has 1 heterocycles. The van der Waals surface area contributed by atoms with Gasteiger partial charge in [-0.15, -0.1) is 0 Å². The van der Waals surface area contributed by atoms with Crippen molar-refractivity contribution < 1.29 is 22.3 Å². The molecule has 0 unspecified atom stereocenters. The average molecular weight is 416 g/mol. The number of benzene rings is 2. The molecular weight excluding hydrogens is 395 g/mol. The van der Waals surface area contributed by atoms with Crippen LogP contribution in [0.25, 0.3) is 0 Å². The number of methoxy groups -OCH3 is 1. The summed E-state index contributed by atoms with van der Waals surface area (Å²) in [5, 5.41) is 0. The minimum atomic E-state index is -3.44. The third-order valence-electron chi connectivity index (χ3n) is 4.13. The zero-order valence-electron chi connectivity index (χ0n) is 15.8. The molecule has 0 atom stereocenters. The summed E-state index contributed by atoms with van der Waals surface area (Å²) < 4.78 is 50.7. The van der Waals surface area contributed by atoms with E-state index in [9.17, 15) is 12.8 Å². The van der Waals surface area contributed by atoms with Gasteiger partial charge in [-0.25, -0.2) is 22.5 Å². The lowest BCUT2D eigenvalue weighted by molar-refractivity contribution is 0.414. The van der Waals surface area contributed by atoms with Crippen molar-refractivity contribution in [2.45, 2.75) is 13.0 Å². The van der Waals surface area contributed by atoms with Crippen molar-refractivity contribution in [1.82, 2.24) is 9.71 Å². The number of aromatic nitrogens is 1. The number of ether oxygens (including phenoxy) is 2. The molecule has 152 valence electrons. The molecule has 1 N–H and O–H groups in total. The summed E-state index contributed by atoms with van der Waals surface area (Å²) in [7, 11) is -1.86. The van der Waals surface area contributed by atoms with Gasteiger partial charge in [0, 0.05) is 24.9 Å². The fourth-order valence-electron chi connectivity index (χ4n) is 2.54. The number of nitrogens with zero attached hydrogens (tertiary/aromatic N) is 1. The van der Waals surface area contributed by atoms with Gasteiger partial charge in [0.2, 0.25) is 15.9 Å². The summed E-state index contributed by atoms with van der Waals surface area (Å²) in [6.07, 6.45) is 1.92. The van der Waals surface area contributed by atoms with Gasteiger partial charge in [-0.3, -0.25) is 0 Å². The van der Waals surface area contributed by atoms with Crippen LogP contribution in [0.3, 0.4) is 0 Å². The maximum atomic E-state index is 13.2. The smallest absolute Gasteiger partial charge is 0.219 e. The first-order valence-electron chi connectivity index (χ1n) is 8.92. The number of rotatable bonds is 9. The van der Waals surface area contributed by atoms with Crippen molar-refractivity contribution in [3.8, 4) is 17.4 Å². The first-order valence-corrected chi connectivity index (χ1v) is 10.6. The van der Waals surface area contributed by atoms with Crippen molar-refractivity contribution in [2.24, 2.45) is 0 Å². The first-order chi connectivity index (χ1) is 13.9. The molecule has 0 aliphatic heterocycles. The lowest BCUT2D eigenvalue weighted by Gasteiger charge is -2.08. The second kappa shape index (κ2) is 9.49. The van der Waals surface area contributed by atoms with Crippen LogP contribution in [-0.4, -0.2) is 26.3 Å². The third-order valence-corrected chi connectivity index (χ3v) is 5.46. The molecule has 0 aliphatic carbocycles. The van der Waals surface area contributed by atoms with E-state index in [1.807, 2.05) is 12.1 Å². The molecule has 29 heavy (non-hydrogen) atoms. The molecule has 0 aliphatic rings. The second-order valence-corrected chi connectivity index (χ2v) is 8.23. The lowest BCUT2D eigenvalue weighted by Crippen LogP contribution is -2.26. The summed E-state index contributed by atoms with van der Waals surface area (Å²) in [6, 6.07) is 16.3. The summed E-state index contributed by atoms with van der Waals surface area (Å²) in [5.74, 6) is 0.939. The highest BCUT2D eigenvalue weighted by atomic mass is 32.2. The highest BCUT2D eigenvalue weighted by molar-refractivity contribution is 7.89. The van der Waals surface area contributed by atoms with Gasteiger partial charge in [-0.05, 0) is 41.8 Å². The minimum Gasteiger partial charge on any atom is -0.497 e. The Kier molecular flexibility index (Phi) is 6.79. The molecule has 3 aromatic rings. The monoisotopic (exact) mass is 416 g/mol. The zero-order chi connectivity index (χ0) is 20.7. The number of sulfonamides is 1. The van der Waals surface area contributed by atoms with Crippen LogP contribution in [0.15, 0.2) is 66.9 Å². The van der Waals surface area contributed by atoms with Crippen LogP contribution >= 0.6 is 0 Å². The van der Waals surface area contributed by atoms with E-state index in [1.165, 1.54) is 18.3 Å². The Hall–Kier alpha value is -2.97. The predicted octanol–water partition coefficient (Wildman–Crippen LogP) is 3.68. The molecule has 2 aromatic carbocycles. The SMILES string of the molecule is COc1ccc(CCS(=O)(=O)NCc2ccc(Oc3cccc(F)c3)nc2)cc1. The number of aryl methyl sites for hydroxylation is 1. The van der Waals surface area contributed by atoms with Gasteiger partial charge < -0.3 is 9.47 Å². The standard InChI is InChI=1S/C21H21FN2O4S/c1-27-19-8-5-16(6-9-19)11-12-29(25,26)24-15-17-7-10-21(23-14-17)28-20-4-2-3-18(22)13-20/h2-10,13-14,24H,11-12,15H2,1H3. The Morgan fingerprint density at radius 2 is 1.76 bits per heavy atom. The number of hydrogen-bond donors (Lipinski definition) is 1. The Balaban J connectivity index is 1.50. The van der Waals surface area contributed by atoms with E-state index in [-0.39, 0.29) is 12.3 Å². The summed E-state index contributed by atoms with van der Waals surface area (Å²) in [4.78, 5) is 4.12. The van der Waals surface area contributed by atoms with E-state index in [1.54, 1.807) is 43.5 Å². The topological polar surface area (TPSA) is 77.5 Å². The Morgan fingerprint density at radius 3 is 2.41 bits per heavy atom. The number of halogens is 1. The van der Waals surface area contributed by atoms with Crippen molar-refractivity contribution in [3.05, 3.63) is 83.8 Å². The van der Waals surface area contributed by atoms with Gasteiger partial charge in [0.15, 0.2) is 0 Å². The van der Waals surface area contributed by atoms with Crippen molar-refractivity contribution in [1.29, 1.82) is 0 Å². The molecule has 3 rings (SSSR count).